The first-order chi connectivity index (χ1) is 16.0. The number of hydrogen-bond acceptors (Lipinski definition) is 6. The number of rotatable bonds is 5. The summed E-state index contributed by atoms with van der Waals surface area (Å²) in [7, 11) is -3.56. The molecule has 184 valence electrons. The van der Waals surface area contributed by atoms with Crippen molar-refractivity contribution >= 4 is 27.2 Å². The van der Waals surface area contributed by atoms with Crippen molar-refractivity contribution in [3.63, 3.8) is 0 Å². The molecule has 0 saturated carbocycles. The number of fused-ring (bicyclic) bond motifs is 1. The van der Waals surface area contributed by atoms with Crippen molar-refractivity contribution in [2.24, 2.45) is 10.7 Å². The summed E-state index contributed by atoms with van der Waals surface area (Å²) in [5.41, 5.74) is 7.49. The van der Waals surface area contributed by atoms with Crippen molar-refractivity contribution in [1.82, 2.24) is 14.6 Å². The van der Waals surface area contributed by atoms with Crippen molar-refractivity contribution in [2.75, 3.05) is 18.4 Å². The summed E-state index contributed by atoms with van der Waals surface area (Å²) < 4.78 is 27.3. The van der Waals surface area contributed by atoms with E-state index in [1.54, 1.807) is 24.4 Å². The molecule has 2 aromatic rings. The minimum Gasteiger partial charge on any atom is -0.383 e. The third-order valence-electron chi connectivity index (χ3n) is 6.78. The number of nitrogens with one attached hydrogen (secondary N) is 3. The first-order valence-electron chi connectivity index (χ1n) is 11.7. The van der Waals surface area contributed by atoms with Crippen LogP contribution in [0.25, 0.3) is 0 Å². The second kappa shape index (κ2) is 8.83. The molecule has 0 atom stereocenters. The van der Waals surface area contributed by atoms with E-state index in [0.717, 1.165) is 32.4 Å². The summed E-state index contributed by atoms with van der Waals surface area (Å²) >= 11 is 0. The molecule has 0 aliphatic carbocycles. The maximum Gasteiger partial charge on any atom is 0.261 e. The van der Waals surface area contributed by atoms with Gasteiger partial charge in [-0.05, 0) is 83.0 Å². The van der Waals surface area contributed by atoms with Gasteiger partial charge in [-0.1, -0.05) is 6.92 Å². The molecule has 1 aromatic heterocycles. The number of amidine groups is 1. The zero-order valence-corrected chi connectivity index (χ0v) is 21.1. The van der Waals surface area contributed by atoms with Gasteiger partial charge in [-0.25, -0.2) is 13.4 Å². The van der Waals surface area contributed by atoms with E-state index in [1.807, 2.05) is 26.8 Å². The largest absolute Gasteiger partial charge is 0.383 e. The standard InChI is InChI=1S/C24H34N6O3S/c1-5-24(9-12-26-13-10-24)29-18-8-11-27-22(31)20(18)21(25)28-17-6-7-19-16(14-17)15-30(23(2,3)4)34(19,32)33/h6-8,11,14,26H,5,9-10,12-13,15H2,1-4H3,(H2,25,28)(H2,27,29,31). The van der Waals surface area contributed by atoms with E-state index in [0.29, 0.717) is 22.5 Å². The molecule has 1 aromatic carbocycles. The van der Waals surface area contributed by atoms with E-state index in [-0.39, 0.29) is 28.4 Å². The number of nitrogens with two attached hydrogens (primary N) is 1. The van der Waals surface area contributed by atoms with E-state index in [1.165, 1.54) is 4.31 Å². The number of H-pyrrole nitrogens is 1. The van der Waals surface area contributed by atoms with Gasteiger partial charge in [0.25, 0.3) is 5.56 Å². The molecule has 5 N–H and O–H groups in total. The number of benzene rings is 1. The summed E-state index contributed by atoms with van der Waals surface area (Å²) in [6, 6.07) is 6.74. The number of nitrogens with zero attached hydrogens (tertiary/aromatic N) is 2. The molecule has 10 heteroatoms. The number of pyridine rings is 1. The van der Waals surface area contributed by atoms with Gasteiger partial charge in [0.1, 0.15) is 11.4 Å². The fourth-order valence-electron chi connectivity index (χ4n) is 4.76. The lowest BCUT2D eigenvalue weighted by atomic mass is 9.85. The molecule has 4 rings (SSSR count). The quantitative estimate of drug-likeness (QED) is 0.379. The van der Waals surface area contributed by atoms with Crippen LogP contribution >= 0.6 is 0 Å². The molecular formula is C24H34N6O3S. The van der Waals surface area contributed by atoms with Crippen LogP contribution in [0.1, 0.15) is 58.1 Å². The average molecular weight is 487 g/mol. The second-order valence-corrected chi connectivity index (χ2v) is 11.9. The summed E-state index contributed by atoms with van der Waals surface area (Å²) in [5, 5.41) is 6.97. The van der Waals surface area contributed by atoms with Crippen LogP contribution in [0.3, 0.4) is 0 Å². The number of aromatic nitrogens is 1. The first kappa shape index (κ1) is 24.4. The van der Waals surface area contributed by atoms with Gasteiger partial charge in [-0.3, -0.25) is 4.79 Å². The molecule has 1 saturated heterocycles. The molecule has 2 aliphatic heterocycles. The van der Waals surface area contributed by atoms with Crippen molar-refractivity contribution in [3.05, 3.63) is 51.9 Å². The van der Waals surface area contributed by atoms with Gasteiger partial charge in [0.2, 0.25) is 10.0 Å². The van der Waals surface area contributed by atoms with Gasteiger partial charge < -0.3 is 21.4 Å². The minimum atomic E-state index is -3.56. The Hall–Kier alpha value is -2.69. The van der Waals surface area contributed by atoms with Crippen LogP contribution in [0.15, 0.2) is 45.1 Å². The van der Waals surface area contributed by atoms with Crippen molar-refractivity contribution < 1.29 is 8.42 Å². The number of sulfonamides is 1. The molecular weight excluding hydrogens is 452 g/mol. The monoisotopic (exact) mass is 486 g/mol. The lowest BCUT2D eigenvalue weighted by Gasteiger charge is -2.39. The summed E-state index contributed by atoms with van der Waals surface area (Å²) in [6.07, 6.45) is 4.40. The first-order valence-corrected chi connectivity index (χ1v) is 13.1. The van der Waals surface area contributed by atoms with Crippen LogP contribution in [0, 0.1) is 0 Å². The third-order valence-corrected chi connectivity index (χ3v) is 8.99. The second-order valence-electron chi connectivity index (χ2n) is 10.1. The predicted molar refractivity (Wildman–Crippen MR) is 135 cm³/mol. The van der Waals surface area contributed by atoms with Gasteiger partial charge >= 0.3 is 0 Å². The topological polar surface area (TPSA) is 133 Å². The SMILES string of the molecule is CCC1(Nc2cc[nH]c(=O)c2C(N)=Nc2ccc3c(c2)CN(C(C)(C)C)S3(=O)=O)CCNCC1. The maximum atomic E-state index is 12.9. The van der Waals surface area contributed by atoms with Crippen LogP contribution in [-0.4, -0.2) is 47.7 Å². The lowest BCUT2D eigenvalue weighted by molar-refractivity contribution is 0.252. The molecule has 0 amide bonds. The fraction of sp³-hybridized carbons (Fsp3) is 0.500. The van der Waals surface area contributed by atoms with Crippen molar-refractivity contribution in [2.45, 2.75) is 69.5 Å². The van der Waals surface area contributed by atoms with Crippen LogP contribution < -0.4 is 21.9 Å². The van der Waals surface area contributed by atoms with Gasteiger partial charge in [-0.2, -0.15) is 4.31 Å². The molecule has 0 spiro atoms. The van der Waals surface area contributed by atoms with E-state index in [9.17, 15) is 13.2 Å². The molecule has 0 radical (unpaired) electrons. The van der Waals surface area contributed by atoms with Crippen LogP contribution in [-0.2, 0) is 16.6 Å². The van der Waals surface area contributed by atoms with E-state index < -0.39 is 15.6 Å². The zero-order valence-electron chi connectivity index (χ0n) is 20.2. The molecule has 34 heavy (non-hydrogen) atoms. The molecule has 0 unspecified atom stereocenters. The molecule has 1 fully saturated rings. The highest BCUT2D eigenvalue weighted by Crippen LogP contribution is 2.37. The lowest BCUT2D eigenvalue weighted by Crippen LogP contribution is -2.47. The molecule has 0 bridgehead atoms. The van der Waals surface area contributed by atoms with E-state index >= 15 is 0 Å². The van der Waals surface area contributed by atoms with Crippen LogP contribution in [0.2, 0.25) is 0 Å². The number of aromatic amines is 1. The molecule has 2 aliphatic rings. The normalized spacial score (nSPS) is 20.2. The summed E-state index contributed by atoms with van der Waals surface area (Å²) in [5.74, 6) is 0.0815. The number of piperidine rings is 1. The van der Waals surface area contributed by atoms with E-state index in [2.05, 4.69) is 27.5 Å². The Bertz CT molecular complexity index is 1270. The highest BCUT2D eigenvalue weighted by atomic mass is 32.2. The number of anilines is 1. The smallest absolute Gasteiger partial charge is 0.261 e. The predicted octanol–water partition coefficient (Wildman–Crippen LogP) is 2.66. The maximum absolute atomic E-state index is 12.9. The van der Waals surface area contributed by atoms with Crippen molar-refractivity contribution in [3.8, 4) is 0 Å². The van der Waals surface area contributed by atoms with Gasteiger partial charge in [0.05, 0.1) is 16.3 Å². The molecule has 9 nitrogen and oxygen atoms in total. The fourth-order valence-corrected chi connectivity index (χ4v) is 6.72. The number of aliphatic imine (C=N–C) groups is 1. The highest BCUT2D eigenvalue weighted by Gasteiger charge is 2.41. The zero-order chi connectivity index (χ0) is 24.7. The van der Waals surface area contributed by atoms with Crippen LogP contribution in [0.4, 0.5) is 11.4 Å². The Kier molecular flexibility index (Phi) is 6.34. The Morgan fingerprint density at radius 2 is 1.94 bits per heavy atom. The Morgan fingerprint density at radius 1 is 1.24 bits per heavy atom. The Balaban J connectivity index is 1.69. The number of hydrogen-bond donors (Lipinski definition) is 4. The van der Waals surface area contributed by atoms with Gasteiger partial charge in [-0.15, -0.1) is 0 Å². The Morgan fingerprint density at radius 3 is 2.59 bits per heavy atom. The molecule has 3 heterocycles. The van der Waals surface area contributed by atoms with Gasteiger partial charge in [0, 0.05) is 23.8 Å². The Labute approximate surface area is 200 Å². The summed E-state index contributed by atoms with van der Waals surface area (Å²) in [6.45, 7) is 9.84. The minimum absolute atomic E-state index is 0.0815. The van der Waals surface area contributed by atoms with Crippen molar-refractivity contribution in [1.29, 1.82) is 0 Å². The average Bonchev–Trinajstić information content (AvgIpc) is 3.04. The van der Waals surface area contributed by atoms with Gasteiger partial charge in [0.15, 0.2) is 0 Å². The highest BCUT2D eigenvalue weighted by molar-refractivity contribution is 7.89. The summed E-state index contributed by atoms with van der Waals surface area (Å²) in [4.78, 5) is 20.3. The van der Waals surface area contributed by atoms with E-state index in [4.69, 9.17) is 5.73 Å². The van der Waals surface area contributed by atoms with Crippen LogP contribution in [0.5, 0.6) is 0 Å². The third kappa shape index (κ3) is 4.49.